The van der Waals surface area contributed by atoms with Crippen LogP contribution < -0.4 is 5.73 Å². The van der Waals surface area contributed by atoms with Crippen LogP contribution in [0.1, 0.15) is 26.7 Å². The van der Waals surface area contributed by atoms with Gasteiger partial charge in [0.15, 0.2) is 0 Å². The zero-order chi connectivity index (χ0) is 11.8. The monoisotopic (exact) mass is 217 g/mol. The van der Waals surface area contributed by atoms with Crippen LogP contribution in [0.25, 0.3) is 0 Å². The Morgan fingerprint density at radius 2 is 1.73 bits per heavy atom. The van der Waals surface area contributed by atoms with Crippen molar-refractivity contribution in [1.29, 1.82) is 0 Å². The number of hydrogen-bond acceptors (Lipinski definition) is 6. The molecule has 0 spiro atoms. The molecule has 0 aromatic heterocycles. The number of ketones is 1. The zero-order valence-electron chi connectivity index (χ0n) is 8.82. The Labute approximate surface area is 87.7 Å². The quantitative estimate of drug-likeness (QED) is 0.486. The van der Waals surface area contributed by atoms with Crippen LogP contribution in [-0.4, -0.2) is 30.6 Å². The van der Waals surface area contributed by atoms with Gasteiger partial charge in [0.1, 0.15) is 5.78 Å². The number of ether oxygens (including phenoxy) is 2. The average molecular weight is 217 g/mol. The van der Waals surface area contributed by atoms with Crippen LogP contribution in [0.5, 0.6) is 0 Å². The van der Waals surface area contributed by atoms with Crippen molar-refractivity contribution in [2.24, 2.45) is 5.73 Å². The fourth-order valence-electron chi connectivity index (χ4n) is 0.893. The lowest BCUT2D eigenvalue weighted by molar-refractivity contribution is -0.165. The maximum absolute atomic E-state index is 11.0. The summed E-state index contributed by atoms with van der Waals surface area (Å²) in [6.07, 6.45) is 0.0590. The largest absolute Gasteiger partial charge is 0.428 e. The number of esters is 2. The molecule has 0 rings (SSSR count). The molecular weight excluding hydrogens is 202 g/mol. The average Bonchev–Trinajstić information content (AvgIpc) is 2.00. The van der Waals surface area contributed by atoms with Gasteiger partial charge in [-0.1, -0.05) is 0 Å². The standard InChI is InChI=1S/C9H15NO5/c1-6(11)3-8(10)4-9(13)15-5-14-7(2)12/h8H,3-5,10H2,1-2H3. The summed E-state index contributed by atoms with van der Waals surface area (Å²) >= 11 is 0. The molecule has 0 fully saturated rings. The molecular formula is C9H15NO5. The van der Waals surface area contributed by atoms with Crippen LogP contribution in [0, 0.1) is 0 Å². The number of carbonyl (C=O) groups excluding carboxylic acids is 3. The van der Waals surface area contributed by atoms with Gasteiger partial charge in [-0.05, 0) is 6.92 Å². The zero-order valence-corrected chi connectivity index (χ0v) is 8.82. The van der Waals surface area contributed by atoms with E-state index in [1.165, 1.54) is 13.8 Å². The molecule has 86 valence electrons. The van der Waals surface area contributed by atoms with Crippen molar-refractivity contribution in [1.82, 2.24) is 0 Å². The lowest BCUT2D eigenvalue weighted by Gasteiger charge is -2.09. The first-order chi connectivity index (χ1) is 6.91. The van der Waals surface area contributed by atoms with Gasteiger partial charge in [0.2, 0.25) is 6.79 Å². The molecule has 15 heavy (non-hydrogen) atoms. The number of nitrogens with two attached hydrogens (primary N) is 1. The minimum Gasteiger partial charge on any atom is -0.428 e. The Morgan fingerprint density at radius 3 is 2.20 bits per heavy atom. The van der Waals surface area contributed by atoms with Crippen molar-refractivity contribution < 1.29 is 23.9 Å². The molecule has 0 amide bonds. The van der Waals surface area contributed by atoms with Gasteiger partial charge in [-0.3, -0.25) is 14.4 Å². The van der Waals surface area contributed by atoms with Gasteiger partial charge in [0.25, 0.3) is 0 Å². The maximum Gasteiger partial charge on any atom is 0.310 e. The third-order valence-electron chi connectivity index (χ3n) is 1.46. The van der Waals surface area contributed by atoms with Crippen LogP contribution in [0.4, 0.5) is 0 Å². The Bertz CT molecular complexity index is 251. The molecule has 0 aromatic rings. The highest BCUT2D eigenvalue weighted by Gasteiger charge is 2.12. The molecule has 0 saturated carbocycles. The summed E-state index contributed by atoms with van der Waals surface area (Å²) in [5.41, 5.74) is 5.48. The third kappa shape index (κ3) is 8.89. The van der Waals surface area contributed by atoms with Crippen molar-refractivity contribution in [2.45, 2.75) is 32.7 Å². The van der Waals surface area contributed by atoms with Crippen molar-refractivity contribution in [3.05, 3.63) is 0 Å². The molecule has 0 bridgehead atoms. The van der Waals surface area contributed by atoms with Crippen molar-refractivity contribution in [3.8, 4) is 0 Å². The van der Waals surface area contributed by atoms with Crippen LogP contribution in [0.15, 0.2) is 0 Å². The molecule has 2 N–H and O–H groups in total. The van der Waals surface area contributed by atoms with E-state index in [0.717, 1.165) is 0 Å². The molecule has 1 unspecified atom stereocenters. The van der Waals surface area contributed by atoms with Crippen LogP contribution in [-0.2, 0) is 23.9 Å². The topological polar surface area (TPSA) is 95.7 Å². The highest BCUT2D eigenvalue weighted by molar-refractivity contribution is 5.77. The first-order valence-electron chi connectivity index (χ1n) is 4.45. The summed E-state index contributed by atoms with van der Waals surface area (Å²) in [5, 5.41) is 0. The van der Waals surface area contributed by atoms with Crippen molar-refractivity contribution >= 4 is 17.7 Å². The molecule has 0 aliphatic heterocycles. The lowest BCUT2D eigenvalue weighted by atomic mass is 10.1. The molecule has 0 heterocycles. The first-order valence-corrected chi connectivity index (χ1v) is 4.45. The van der Waals surface area contributed by atoms with E-state index >= 15 is 0 Å². The first kappa shape index (κ1) is 13.6. The second kappa shape index (κ2) is 6.94. The second-order valence-corrected chi connectivity index (χ2v) is 3.14. The van der Waals surface area contributed by atoms with E-state index in [9.17, 15) is 14.4 Å². The number of carbonyl (C=O) groups is 3. The van der Waals surface area contributed by atoms with Crippen LogP contribution in [0.3, 0.4) is 0 Å². The SMILES string of the molecule is CC(=O)CC(N)CC(=O)OCOC(C)=O. The van der Waals surface area contributed by atoms with Gasteiger partial charge in [0, 0.05) is 19.4 Å². The van der Waals surface area contributed by atoms with E-state index in [1.807, 2.05) is 0 Å². The third-order valence-corrected chi connectivity index (χ3v) is 1.46. The number of Topliss-reactive ketones (excluding diaryl/α,β-unsaturated/α-hetero) is 1. The smallest absolute Gasteiger partial charge is 0.310 e. The molecule has 0 aromatic carbocycles. The Morgan fingerprint density at radius 1 is 1.13 bits per heavy atom. The predicted octanol–water partition coefficient (Wildman–Crippen LogP) is -0.253. The number of hydrogen-bond donors (Lipinski definition) is 1. The van der Waals surface area contributed by atoms with Crippen LogP contribution >= 0.6 is 0 Å². The normalized spacial score (nSPS) is 11.7. The lowest BCUT2D eigenvalue weighted by Crippen LogP contribution is -2.27. The van der Waals surface area contributed by atoms with Gasteiger partial charge < -0.3 is 15.2 Å². The fraction of sp³-hybridized carbons (Fsp3) is 0.667. The van der Waals surface area contributed by atoms with Crippen molar-refractivity contribution in [3.63, 3.8) is 0 Å². The molecule has 0 aliphatic carbocycles. The van der Waals surface area contributed by atoms with Gasteiger partial charge in [-0.2, -0.15) is 0 Å². The van der Waals surface area contributed by atoms with E-state index in [0.29, 0.717) is 0 Å². The second-order valence-electron chi connectivity index (χ2n) is 3.14. The molecule has 0 aliphatic rings. The van der Waals surface area contributed by atoms with E-state index in [4.69, 9.17) is 5.73 Å². The summed E-state index contributed by atoms with van der Waals surface area (Å²) in [6, 6.07) is -0.549. The minimum absolute atomic E-state index is 0.0686. The Balaban J connectivity index is 3.64. The molecule has 0 radical (unpaired) electrons. The predicted molar refractivity (Wildman–Crippen MR) is 50.6 cm³/mol. The molecule has 6 nitrogen and oxygen atoms in total. The fourth-order valence-corrected chi connectivity index (χ4v) is 0.893. The van der Waals surface area contributed by atoms with E-state index in [1.54, 1.807) is 0 Å². The van der Waals surface area contributed by atoms with Crippen molar-refractivity contribution in [2.75, 3.05) is 6.79 Å². The Kier molecular flexibility index (Phi) is 6.28. The summed E-state index contributed by atoms with van der Waals surface area (Å²) in [5.74, 6) is -1.21. The summed E-state index contributed by atoms with van der Waals surface area (Å²) < 4.78 is 8.92. The molecule has 0 saturated heterocycles. The summed E-state index contributed by atoms with van der Waals surface area (Å²) in [4.78, 5) is 32.0. The number of rotatable bonds is 6. The van der Waals surface area contributed by atoms with Gasteiger partial charge in [0.05, 0.1) is 6.42 Å². The molecule has 6 heteroatoms. The summed E-state index contributed by atoms with van der Waals surface area (Å²) in [6.45, 7) is 2.18. The molecule has 1 atom stereocenters. The van der Waals surface area contributed by atoms with E-state index in [-0.39, 0.29) is 18.6 Å². The maximum atomic E-state index is 11.0. The highest BCUT2D eigenvalue weighted by atomic mass is 16.7. The van der Waals surface area contributed by atoms with E-state index in [2.05, 4.69) is 9.47 Å². The Hall–Kier alpha value is -1.43. The van der Waals surface area contributed by atoms with E-state index < -0.39 is 24.8 Å². The van der Waals surface area contributed by atoms with Gasteiger partial charge in [-0.15, -0.1) is 0 Å². The van der Waals surface area contributed by atoms with Crippen LogP contribution in [0.2, 0.25) is 0 Å². The summed E-state index contributed by atoms with van der Waals surface area (Å²) in [7, 11) is 0. The van der Waals surface area contributed by atoms with Gasteiger partial charge >= 0.3 is 11.9 Å². The minimum atomic E-state index is -0.593. The van der Waals surface area contributed by atoms with Gasteiger partial charge in [-0.25, -0.2) is 0 Å². The highest BCUT2D eigenvalue weighted by Crippen LogP contribution is 1.98.